The van der Waals surface area contributed by atoms with E-state index in [2.05, 4.69) is 39.2 Å². The van der Waals surface area contributed by atoms with Crippen molar-refractivity contribution in [3.8, 4) is 11.8 Å². The van der Waals surface area contributed by atoms with Gasteiger partial charge in [-0.15, -0.1) is 0 Å². The Morgan fingerprint density at radius 2 is 1.58 bits per heavy atom. The van der Waals surface area contributed by atoms with Crippen LogP contribution in [0.3, 0.4) is 0 Å². The number of carbonyl (C=O) groups is 1. The van der Waals surface area contributed by atoms with Gasteiger partial charge in [-0.05, 0) is 63.5 Å². The molecule has 0 bridgehead atoms. The van der Waals surface area contributed by atoms with E-state index in [1.807, 2.05) is 48.5 Å². The zero-order valence-electron chi connectivity index (χ0n) is 19.1. The number of hydrogen-bond donors (Lipinski definition) is 2. The second-order valence-corrected chi connectivity index (χ2v) is 9.05. The number of ether oxygens (including phenoxy) is 1. The molecule has 0 radical (unpaired) electrons. The average molecular weight is 587 g/mol. The summed E-state index contributed by atoms with van der Waals surface area (Å²) in [6.45, 7) is 0.279. The molecule has 6 nitrogen and oxygen atoms in total. The van der Waals surface area contributed by atoms with Gasteiger partial charge in [-0.2, -0.15) is 10.4 Å². The van der Waals surface area contributed by atoms with Gasteiger partial charge in [-0.3, -0.25) is 4.79 Å². The first kappa shape index (κ1) is 25.1. The second-order valence-electron chi connectivity index (χ2n) is 7.89. The fraction of sp³-hybridized carbons (Fsp3) is 0.0690. The topological polar surface area (TPSA) is 94.7 Å². The van der Waals surface area contributed by atoms with E-state index >= 15 is 0 Å². The van der Waals surface area contributed by atoms with Crippen LogP contribution in [0.1, 0.15) is 27.8 Å². The molecular weight excluding hydrogens is 565 g/mol. The van der Waals surface area contributed by atoms with E-state index < -0.39 is 11.5 Å². The lowest BCUT2D eigenvalue weighted by Crippen LogP contribution is -2.43. The Labute approximate surface area is 223 Å². The number of rotatable bonds is 8. The largest absolute Gasteiger partial charge is 0.488 e. The van der Waals surface area contributed by atoms with E-state index in [-0.39, 0.29) is 6.61 Å². The molecule has 0 atom stereocenters. The number of amides is 1. The summed E-state index contributed by atoms with van der Waals surface area (Å²) in [5.74, 6) is 0.00835. The normalized spacial score (nSPS) is 11.1. The highest BCUT2D eigenvalue weighted by atomic mass is 127. The van der Waals surface area contributed by atoms with Gasteiger partial charge in [0.1, 0.15) is 12.4 Å². The average Bonchev–Trinajstić information content (AvgIpc) is 2.93. The Morgan fingerprint density at radius 1 is 0.972 bits per heavy atom. The summed E-state index contributed by atoms with van der Waals surface area (Å²) in [7, 11) is 0. The number of aliphatic hydroxyl groups is 1. The molecule has 0 aliphatic carbocycles. The van der Waals surface area contributed by atoms with Crippen LogP contribution in [0.5, 0.6) is 5.75 Å². The van der Waals surface area contributed by atoms with Crippen LogP contribution in [0.25, 0.3) is 0 Å². The fourth-order valence-electron chi connectivity index (χ4n) is 3.66. The van der Waals surface area contributed by atoms with Crippen LogP contribution in [0.2, 0.25) is 0 Å². The summed E-state index contributed by atoms with van der Waals surface area (Å²) in [6, 6.07) is 32.5. The number of nitriles is 1. The molecule has 2 N–H and O–H groups in total. The van der Waals surface area contributed by atoms with Crippen molar-refractivity contribution in [1.82, 2.24) is 5.43 Å². The summed E-state index contributed by atoms with van der Waals surface area (Å²) in [5, 5.41) is 24.8. The van der Waals surface area contributed by atoms with E-state index in [0.29, 0.717) is 22.4 Å². The Morgan fingerprint density at radius 3 is 2.19 bits per heavy atom. The quantitative estimate of drug-likeness (QED) is 0.170. The molecule has 0 heterocycles. The molecule has 1 amide bonds. The Bertz CT molecular complexity index is 1380. The number of benzene rings is 4. The van der Waals surface area contributed by atoms with Crippen LogP contribution in [0.4, 0.5) is 0 Å². The number of nitrogens with zero attached hydrogens (tertiary/aromatic N) is 2. The highest BCUT2D eigenvalue weighted by molar-refractivity contribution is 14.1. The first-order valence-electron chi connectivity index (χ1n) is 11.1. The maximum absolute atomic E-state index is 13.1. The maximum Gasteiger partial charge on any atom is 0.281 e. The minimum Gasteiger partial charge on any atom is -0.488 e. The molecule has 4 rings (SSSR count). The first-order valence-corrected chi connectivity index (χ1v) is 12.2. The van der Waals surface area contributed by atoms with E-state index in [1.165, 1.54) is 6.21 Å². The standard InChI is InChI=1S/C29H22IN3O3/c30-26-17-21(15-16-27(26)36-20-23-10-8-7-9-22(23)18-31)19-32-33-28(34)29(35,24-11-3-1-4-12-24)25-13-5-2-6-14-25/h1-17,19,35H,20H2,(H,33,34)/b32-19+. The first-order chi connectivity index (χ1) is 17.5. The molecule has 0 saturated heterocycles. The molecule has 0 saturated carbocycles. The molecule has 4 aromatic carbocycles. The lowest BCUT2D eigenvalue weighted by atomic mass is 9.85. The van der Waals surface area contributed by atoms with Crippen molar-refractivity contribution in [2.45, 2.75) is 12.2 Å². The number of nitrogens with one attached hydrogen (secondary N) is 1. The van der Waals surface area contributed by atoms with E-state index in [1.54, 1.807) is 54.6 Å². The third kappa shape index (κ3) is 5.62. The molecule has 7 heteroatoms. The number of hydrogen-bond acceptors (Lipinski definition) is 5. The van der Waals surface area contributed by atoms with Gasteiger partial charge >= 0.3 is 0 Å². The van der Waals surface area contributed by atoms with Gasteiger partial charge in [0.15, 0.2) is 5.60 Å². The van der Waals surface area contributed by atoms with Gasteiger partial charge in [0.25, 0.3) is 5.91 Å². The van der Waals surface area contributed by atoms with Crippen molar-refractivity contribution in [1.29, 1.82) is 5.26 Å². The lowest BCUT2D eigenvalue weighted by molar-refractivity contribution is -0.136. The van der Waals surface area contributed by atoms with Crippen LogP contribution in [-0.2, 0) is 17.0 Å². The molecule has 0 spiro atoms. The maximum atomic E-state index is 13.1. The smallest absolute Gasteiger partial charge is 0.281 e. The Hall–Kier alpha value is -4.00. The van der Waals surface area contributed by atoms with Crippen LogP contribution in [0.15, 0.2) is 108 Å². The zero-order chi connectivity index (χ0) is 25.4. The highest BCUT2D eigenvalue weighted by Crippen LogP contribution is 2.30. The highest BCUT2D eigenvalue weighted by Gasteiger charge is 2.39. The van der Waals surface area contributed by atoms with Crippen LogP contribution in [-0.4, -0.2) is 17.2 Å². The summed E-state index contributed by atoms with van der Waals surface area (Å²) in [4.78, 5) is 13.1. The Kier molecular flexibility index (Phi) is 8.10. The van der Waals surface area contributed by atoms with E-state index in [0.717, 1.165) is 14.7 Å². The SMILES string of the molecule is N#Cc1ccccc1COc1ccc(/C=N/NC(=O)C(O)(c2ccccc2)c2ccccc2)cc1I. The van der Waals surface area contributed by atoms with Gasteiger partial charge in [0.05, 0.1) is 21.4 Å². The van der Waals surface area contributed by atoms with Crippen molar-refractivity contribution in [2.75, 3.05) is 0 Å². The summed E-state index contributed by atoms with van der Waals surface area (Å²) < 4.78 is 6.75. The third-order valence-electron chi connectivity index (χ3n) is 5.57. The van der Waals surface area contributed by atoms with Crippen molar-refractivity contribution < 1.29 is 14.6 Å². The van der Waals surface area contributed by atoms with Gasteiger partial charge in [0, 0.05) is 5.56 Å². The van der Waals surface area contributed by atoms with E-state index in [4.69, 9.17) is 4.74 Å². The molecule has 178 valence electrons. The fourth-order valence-corrected chi connectivity index (χ4v) is 4.35. The van der Waals surface area contributed by atoms with Crippen LogP contribution >= 0.6 is 22.6 Å². The molecule has 0 unspecified atom stereocenters. The third-order valence-corrected chi connectivity index (χ3v) is 6.41. The molecule has 0 aliphatic heterocycles. The van der Waals surface area contributed by atoms with Gasteiger partial charge < -0.3 is 9.84 Å². The molecule has 4 aromatic rings. The second kappa shape index (κ2) is 11.6. The molecule has 0 aromatic heterocycles. The Balaban J connectivity index is 1.46. The minimum absolute atomic E-state index is 0.279. The zero-order valence-corrected chi connectivity index (χ0v) is 21.3. The predicted molar refractivity (Wildman–Crippen MR) is 146 cm³/mol. The van der Waals surface area contributed by atoms with Crippen molar-refractivity contribution in [3.63, 3.8) is 0 Å². The molecule has 36 heavy (non-hydrogen) atoms. The van der Waals surface area contributed by atoms with Crippen LogP contribution < -0.4 is 10.2 Å². The molecular formula is C29H22IN3O3. The van der Waals surface area contributed by atoms with Crippen molar-refractivity contribution in [3.05, 3.63) is 135 Å². The summed E-state index contributed by atoms with van der Waals surface area (Å²) >= 11 is 2.16. The van der Waals surface area contributed by atoms with Gasteiger partial charge in [-0.1, -0.05) is 78.9 Å². The number of carbonyl (C=O) groups excluding carboxylic acids is 1. The lowest BCUT2D eigenvalue weighted by Gasteiger charge is -2.27. The van der Waals surface area contributed by atoms with Crippen LogP contribution in [0, 0.1) is 14.9 Å². The van der Waals surface area contributed by atoms with Crippen molar-refractivity contribution >= 4 is 34.7 Å². The van der Waals surface area contributed by atoms with Gasteiger partial charge in [-0.25, -0.2) is 5.43 Å². The monoisotopic (exact) mass is 587 g/mol. The van der Waals surface area contributed by atoms with Gasteiger partial charge in [0.2, 0.25) is 0 Å². The number of halogens is 1. The summed E-state index contributed by atoms with van der Waals surface area (Å²) in [6.07, 6.45) is 1.51. The van der Waals surface area contributed by atoms with Crippen molar-refractivity contribution in [2.24, 2.45) is 5.10 Å². The predicted octanol–water partition coefficient (Wildman–Crippen LogP) is 5.13. The molecule has 0 aliphatic rings. The summed E-state index contributed by atoms with van der Waals surface area (Å²) in [5.41, 5.74) is 3.60. The van der Waals surface area contributed by atoms with E-state index in [9.17, 15) is 15.2 Å². The minimum atomic E-state index is -1.90. The number of hydrazone groups is 1. The molecule has 0 fully saturated rings.